The summed E-state index contributed by atoms with van der Waals surface area (Å²) in [4.78, 5) is 1.14. The van der Waals surface area contributed by atoms with Gasteiger partial charge in [0.05, 0.1) is 0 Å². The zero-order valence-electron chi connectivity index (χ0n) is 10.9. The third kappa shape index (κ3) is 5.00. The first-order valence-corrected chi connectivity index (χ1v) is 8.00. The Hall–Kier alpha value is -0.710. The summed E-state index contributed by atoms with van der Waals surface area (Å²) in [7, 11) is 0. The van der Waals surface area contributed by atoms with Crippen molar-refractivity contribution in [3.63, 3.8) is 0 Å². The fourth-order valence-corrected chi connectivity index (χ4v) is 3.33. The topological polar surface area (TPSA) is 38.0 Å². The van der Waals surface area contributed by atoms with Crippen molar-refractivity contribution < 1.29 is 0 Å². The predicted octanol–water partition coefficient (Wildman–Crippen LogP) is 4.16. The molecule has 0 radical (unpaired) electrons. The first kappa shape index (κ1) is 15.7. The molecule has 0 aliphatic heterocycles. The SMILES string of the molecule is NNC(CSc1cccc(Cl)c1)Cc1cccc(Cl)c1. The van der Waals surface area contributed by atoms with Crippen molar-refractivity contribution in [2.75, 3.05) is 5.75 Å². The monoisotopic (exact) mass is 326 g/mol. The summed E-state index contributed by atoms with van der Waals surface area (Å²) in [6.45, 7) is 0. The van der Waals surface area contributed by atoms with Gasteiger partial charge in [-0.2, -0.15) is 0 Å². The van der Waals surface area contributed by atoms with Gasteiger partial charge in [0.25, 0.3) is 0 Å². The molecular weight excluding hydrogens is 311 g/mol. The van der Waals surface area contributed by atoms with Crippen molar-refractivity contribution >= 4 is 35.0 Å². The molecular formula is C15H16Cl2N2S. The van der Waals surface area contributed by atoms with E-state index in [1.807, 2.05) is 42.5 Å². The Bertz CT molecular complexity index is 563. The van der Waals surface area contributed by atoms with E-state index in [4.69, 9.17) is 29.0 Å². The molecule has 0 amide bonds. The minimum Gasteiger partial charge on any atom is -0.271 e. The molecule has 1 unspecified atom stereocenters. The Balaban J connectivity index is 1.92. The Morgan fingerprint density at radius 1 is 1.05 bits per heavy atom. The average molecular weight is 327 g/mol. The lowest BCUT2D eigenvalue weighted by atomic mass is 10.1. The molecule has 2 nitrogen and oxygen atoms in total. The van der Waals surface area contributed by atoms with E-state index in [1.165, 1.54) is 5.56 Å². The molecule has 3 N–H and O–H groups in total. The number of halogens is 2. The van der Waals surface area contributed by atoms with Crippen LogP contribution in [0.15, 0.2) is 53.4 Å². The van der Waals surface area contributed by atoms with Crippen molar-refractivity contribution in [3.05, 3.63) is 64.1 Å². The number of hydrazine groups is 1. The molecule has 0 spiro atoms. The molecule has 0 aliphatic carbocycles. The van der Waals surface area contributed by atoms with Crippen molar-refractivity contribution in [1.82, 2.24) is 5.43 Å². The maximum Gasteiger partial charge on any atom is 0.0417 e. The predicted molar refractivity (Wildman–Crippen MR) is 88.4 cm³/mol. The standard InChI is InChI=1S/C15H16Cl2N2S/c16-12-4-1-3-11(7-12)8-14(19-18)10-20-15-6-2-5-13(17)9-15/h1-7,9,14,19H,8,10,18H2. The Labute approximate surface area is 133 Å². The van der Waals surface area contributed by atoms with Crippen molar-refractivity contribution in [2.45, 2.75) is 17.4 Å². The lowest BCUT2D eigenvalue weighted by molar-refractivity contribution is 0.575. The van der Waals surface area contributed by atoms with E-state index in [9.17, 15) is 0 Å². The number of rotatable bonds is 6. The summed E-state index contributed by atoms with van der Waals surface area (Å²) in [5.74, 6) is 6.49. The lowest BCUT2D eigenvalue weighted by Crippen LogP contribution is -2.38. The highest BCUT2D eigenvalue weighted by molar-refractivity contribution is 7.99. The zero-order valence-corrected chi connectivity index (χ0v) is 13.2. The van der Waals surface area contributed by atoms with Crippen LogP contribution in [-0.4, -0.2) is 11.8 Å². The molecule has 0 saturated carbocycles. The van der Waals surface area contributed by atoms with Gasteiger partial charge >= 0.3 is 0 Å². The van der Waals surface area contributed by atoms with Gasteiger partial charge in [-0.3, -0.25) is 11.3 Å². The van der Waals surface area contributed by atoms with Gasteiger partial charge in [0, 0.05) is 26.7 Å². The Kier molecular flexibility index (Phi) is 6.20. The first-order chi connectivity index (χ1) is 9.67. The molecule has 0 saturated heterocycles. The van der Waals surface area contributed by atoms with E-state index < -0.39 is 0 Å². The second-order valence-electron chi connectivity index (χ2n) is 4.47. The number of benzene rings is 2. The molecule has 1 atom stereocenters. The quantitative estimate of drug-likeness (QED) is 0.475. The molecule has 0 aromatic heterocycles. The van der Waals surface area contributed by atoms with Gasteiger partial charge in [-0.05, 0) is 42.3 Å². The highest BCUT2D eigenvalue weighted by Crippen LogP contribution is 2.23. The summed E-state index contributed by atoms with van der Waals surface area (Å²) >= 11 is 13.7. The molecule has 0 aliphatic rings. The highest BCUT2D eigenvalue weighted by Gasteiger charge is 2.09. The largest absolute Gasteiger partial charge is 0.271 e. The van der Waals surface area contributed by atoms with E-state index >= 15 is 0 Å². The van der Waals surface area contributed by atoms with Gasteiger partial charge in [0.1, 0.15) is 0 Å². The maximum absolute atomic E-state index is 5.99. The van der Waals surface area contributed by atoms with Gasteiger partial charge in [-0.15, -0.1) is 11.8 Å². The third-order valence-corrected chi connectivity index (χ3v) is 4.48. The third-order valence-electron chi connectivity index (χ3n) is 2.85. The van der Waals surface area contributed by atoms with Crippen LogP contribution in [0.3, 0.4) is 0 Å². The van der Waals surface area contributed by atoms with Gasteiger partial charge < -0.3 is 0 Å². The van der Waals surface area contributed by atoms with E-state index in [0.29, 0.717) is 0 Å². The zero-order chi connectivity index (χ0) is 14.4. The summed E-state index contributed by atoms with van der Waals surface area (Å²) in [5, 5.41) is 1.50. The van der Waals surface area contributed by atoms with Crippen molar-refractivity contribution in [3.8, 4) is 0 Å². The van der Waals surface area contributed by atoms with Crippen molar-refractivity contribution in [2.24, 2.45) is 5.84 Å². The summed E-state index contributed by atoms with van der Waals surface area (Å²) in [6, 6.07) is 15.9. The van der Waals surface area contributed by atoms with Crippen LogP contribution in [0.1, 0.15) is 5.56 Å². The molecule has 0 bridgehead atoms. The van der Waals surface area contributed by atoms with Gasteiger partial charge in [0.2, 0.25) is 0 Å². The van der Waals surface area contributed by atoms with E-state index in [2.05, 4.69) is 11.5 Å². The van der Waals surface area contributed by atoms with Crippen molar-refractivity contribution in [1.29, 1.82) is 0 Å². The fraction of sp³-hybridized carbons (Fsp3) is 0.200. The summed E-state index contributed by atoms with van der Waals surface area (Å²) < 4.78 is 0. The van der Waals surface area contributed by atoms with Crippen LogP contribution in [0.25, 0.3) is 0 Å². The van der Waals surface area contributed by atoms with E-state index in [0.717, 1.165) is 27.1 Å². The molecule has 2 rings (SSSR count). The molecule has 0 fully saturated rings. The number of thioether (sulfide) groups is 1. The van der Waals surface area contributed by atoms with Crippen LogP contribution >= 0.6 is 35.0 Å². The highest BCUT2D eigenvalue weighted by atomic mass is 35.5. The normalized spacial score (nSPS) is 12.3. The summed E-state index contributed by atoms with van der Waals surface area (Å²) in [5.41, 5.74) is 4.03. The summed E-state index contributed by atoms with van der Waals surface area (Å²) in [6.07, 6.45) is 0.838. The van der Waals surface area contributed by atoms with Crippen LogP contribution in [0, 0.1) is 0 Å². The van der Waals surface area contributed by atoms with Crippen LogP contribution in [0.2, 0.25) is 10.0 Å². The smallest absolute Gasteiger partial charge is 0.0417 e. The van der Waals surface area contributed by atoms with Gasteiger partial charge in [0.15, 0.2) is 0 Å². The Morgan fingerprint density at radius 2 is 1.75 bits per heavy atom. The minimum absolute atomic E-state index is 0.178. The molecule has 2 aromatic rings. The lowest BCUT2D eigenvalue weighted by Gasteiger charge is -2.15. The molecule has 0 heterocycles. The maximum atomic E-state index is 5.99. The van der Waals surface area contributed by atoms with E-state index in [-0.39, 0.29) is 6.04 Å². The molecule has 106 valence electrons. The number of hydrogen-bond donors (Lipinski definition) is 2. The molecule has 5 heteroatoms. The van der Waals surface area contributed by atoms with Crippen LogP contribution in [0.5, 0.6) is 0 Å². The number of nitrogens with one attached hydrogen (secondary N) is 1. The minimum atomic E-state index is 0.178. The van der Waals surface area contributed by atoms with Crippen LogP contribution < -0.4 is 11.3 Å². The van der Waals surface area contributed by atoms with Crippen LogP contribution in [-0.2, 0) is 6.42 Å². The van der Waals surface area contributed by atoms with Gasteiger partial charge in [-0.25, -0.2) is 0 Å². The second kappa shape index (κ2) is 7.91. The second-order valence-corrected chi connectivity index (χ2v) is 6.43. The van der Waals surface area contributed by atoms with E-state index in [1.54, 1.807) is 11.8 Å². The fourth-order valence-electron chi connectivity index (χ4n) is 1.87. The Morgan fingerprint density at radius 3 is 2.40 bits per heavy atom. The van der Waals surface area contributed by atoms with Crippen LogP contribution in [0.4, 0.5) is 0 Å². The molecule has 2 aromatic carbocycles. The average Bonchev–Trinajstić information content (AvgIpc) is 2.43. The number of nitrogens with two attached hydrogens (primary N) is 1. The molecule has 20 heavy (non-hydrogen) atoms. The first-order valence-electron chi connectivity index (χ1n) is 6.26. The number of hydrogen-bond acceptors (Lipinski definition) is 3. The van der Waals surface area contributed by atoms with Gasteiger partial charge in [-0.1, -0.05) is 41.4 Å².